The van der Waals surface area contributed by atoms with E-state index in [4.69, 9.17) is 4.74 Å². The zero-order valence-electron chi connectivity index (χ0n) is 15.7. The molecule has 2 heterocycles. The monoisotopic (exact) mass is 390 g/mol. The van der Waals surface area contributed by atoms with Crippen molar-refractivity contribution in [2.45, 2.75) is 31.2 Å². The number of para-hydroxylation sites is 2. The molecule has 1 saturated heterocycles. The summed E-state index contributed by atoms with van der Waals surface area (Å²) in [5, 5.41) is 2.82. The molecule has 1 aromatic heterocycles. The normalized spacial score (nSPS) is 16.3. The number of methoxy groups -OCH3 is 1. The SMILES string of the molecule is COC(=O)[C@H](CCSC)NC(=O)N1CCC(c2nc3ccccc3[nH]2)CC1. The Bertz CT molecular complexity index is 753. The Morgan fingerprint density at radius 2 is 2.11 bits per heavy atom. The molecule has 1 aliphatic heterocycles. The minimum Gasteiger partial charge on any atom is -0.467 e. The molecular formula is C19H26N4O3S. The zero-order valence-corrected chi connectivity index (χ0v) is 16.6. The summed E-state index contributed by atoms with van der Waals surface area (Å²) in [5.74, 6) is 1.70. The Morgan fingerprint density at radius 1 is 1.37 bits per heavy atom. The number of hydrogen-bond acceptors (Lipinski definition) is 5. The Kier molecular flexibility index (Phi) is 6.60. The Morgan fingerprint density at radius 3 is 2.78 bits per heavy atom. The lowest BCUT2D eigenvalue weighted by molar-refractivity contribution is -0.142. The number of aromatic nitrogens is 2. The summed E-state index contributed by atoms with van der Waals surface area (Å²) in [6.45, 7) is 1.29. The third-order valence-electron chi connectivity index (χ3n) is 4.97. The molecule has 27 heavy (non-hydrogen) atoms. The van der Waals surface area contributed by atoms with E-state index in [1.807, 2.05) is 30.5 Å². The van der Waals surface area contributed by atoms with E-state index in [2.05, 4.69) is 15.3 Å². The van der Waals surface area contributed by atoms with E-state index in [9.17, 15) is 9.59 Å². The lowest BCUT2D eigenvalue weighted by atomic mass is 9.96. The molecule has 1 aliphatic rings. The van der Waals surface area contributed by atoms with Gasteiger partial charge in [0.15, 0.2) is 0 Å². The number of amides is 2. The molecule has 0 bridgehead atoms. The molecule has 0 spiro atoms. The van der Waals surface area contributed by atoms with E-state index >= 15 is 0 Å². The van der Waals surface area contributed by atoms with Gasteiger partial charge in [0.2, 0.25) is 0 Å². The third kappa shape index (κ3) is 4.74. The van der Waals surface area contributed by atoms with Gasteiger partial charge in [0, 0.05) is 19.0 Å². The molecule has 0 radical (unpaired) electrons. The number of nitrogens with zero attached hydrogens (tertiary/aromatic N) is 2. The first-order chi connectivity index (χ1) is 13.1. The van der Waals surface area contributed by atoms with Crippen LogP contribution >= 0.6 is 11.8 Å². The van der Waals surface area contributed by atoms with Crippen LogP contribution in [0.3, 0.4) is 0 Å². The smallest absolute Gasteiger partial charge is 0.328 e. The van der Waals surface area contributed by atoms with Crippen molar-refractivity contribution in [2.24, 2.45) is 0 Å². The van der Waals surface area contributed by atoms with Crippen LogP contribution in [0.2, 0.25) is 0 Å². The number of urea groups is 1. The van der Waals surface area contributed by atoms with Crippen molar-refractivity contribution in [2.75, 3.05) is 32.2 Å². The van der Waals surface area contributed by atoms with Crippen molar-refractivity contribution in [3.05, 3.63) is 30.1 Å². The number of nitrogens with one attached hydrogen (secondary N) is 2. The molecule has 146 valence electrons. The van der Waals surface area contributed by atoms with E-state index in [0.29, 0.717) is 25.4 Å². The summed E-state index contributed by atoms with van der Waals surface area (Å²) in [4.78, 5) is 34.3. The minimum absolute atomic E-state index is 0.199. The first-order valence-electron chi connectivity index (χ1n) is 9.19. The van der Waals surface area contributed by atoms with Gasteiger partial charge in [-0.3, -0.25) is 0 Å². The Labute approximate surface area is 163 Å². The molecule has 8 heteroatoms. The quantitative estimate of drug-likeness (QED) is 0.741. The van der Waals surface area contributed by atoms with Crippen molar-refractivity contribution in [3.8, 4) is 0 Å². The van der Waals surface area contributed by atoms with Crippen molar-refractivity contribution in [3.63, 3.8) is 0 Å². The maximum atomic E-state index is 12.6. The molecule has 1 fully saturated rings. The number of carbonyl (C=O) groups is 2. The van der Waals surface area contributed by atoms with Gasteiger partial charge in [-0.05, 0) is 43.4 Å². The summed E-state index contributed by atoms with van der Waals surface area (Å²) >= 11 is 1.64. The van der Waals surface area contributed by atoms with Crippen LogP contribution in [0.15, 0.2) is 24.3 Å². The summed E-state index contributed by atoms with van der Waals surface area (Å²) in [5.41, 5.74) is 2.02. The van der Waals surface area contributed by atoms with E-state index in [1.54, 1.807) is 16.7 Å². The summed E-state index contributed by atoms with van der Waals surface area (Å²) in [7, 11) is 1.35. The number of likely N-dealkylation sites (tertiary alicyclic amines) is 1. The molecule has 3 rings (SSSR count). The molecule has 1 aromatic carbocycles. The van der Waals surface area contributed by atoms with Crippen molar-refractivity contribution >= 4 is 34.8 Å². The highest BCUT2D eigenvalue weighted by Crippen LogP contribution is 2.27. The lowest BCUT2D eigenvalue weighted by Gasteiger charge is -2.32. The zero-order chi connectivity index (χ0) is 19.2. The van der Waals surface area contributed by atoms with Gasteiger partial charge in [-0.1, -0.05) is 12.1 Å². The van der Waals surface area contributed by atoms with Gasteiger partial charge in [-0.15, -0.1) is 0 Å². The lowest BCUT2D eigenvalue weighted by Crippen LogP contribution is -2.50. The number of fused-ring (bicyclic) bond motifs is 1. The number of ether oxygens (including phenoxy) is 1. The Balaban J connectivity index is 1.55. The molecule has 2 amide bonds. The van der Waals surface area contributed by atoms with E-state index < -0.39 is 12.0 Å². The highest BCUT2D eigenvalue weighted by molar-refractivity contribution is 7.98. The maximum Gasteiger partial charge on any atom is 0.328 e. The van der Waals surface area contributed by atoms with Gasteiger partial charge in [-0.2, -0.15) is 11.8 Å². The molecular weight excluding hydrogens is 364 g/mol. The maximum absolute atomic E-state index is 12.6. The van der Waals surface area contributed by atoms with Crippen LogP contribution in [0.5, 0.6) is 0 Å². The molecule has 1 atom stereocenters. The summed E-state index contributed by atoms with van der Waals surface area (Å²) < 4.78 is 4.81. The van der Waals surface area contributed by atoms with Crippen molar-refractivity contribution < 1.29 is 14.3 Å². The van der Waals surface area contributed by atoms with Crippen LogP contribution in [0, 0.1) is 0 Å². The number of rotatable bonds is 6. The van der Waals surface area contributed by atoms with Gasteiger partial charge in [0.05, 0.1) is 18.1 Å². The van der Waals surface area contributed by atoms with E-state index in [-0.39, 0.29) is 6.03 Å². The Hall–Kier alpha value is -2.22. The molecule has 2 N–H and O–H groups in total. The number of aromatic amines is 1. The predicted molar refractivity (Wildman–Crippen MR) is 107 cm³/mol. The topological polar surface area (TPSA) is 87.3 Å². The van der Waals surface area contributed by atoms with Gasteiger partial charge in [0.25, 0.3) is 0 Å². The number of carbonyl (C=O) groups excluding carboxylic acids is 2. The van der Waals surface area contributed by atoms with Crippen LogP contribution in [0.4, 0.5) is 4.79 Å². The first kappa shape index (κ1) is 19.5. The average Bonchev–Trinajstić information content (AvgIpc) is 3.14. The van der Waals surface area contributed by atoms with Crippen LogP contribution in [0.1, 0.15) is 31.0 Å². The van der Waals surface area contributed by atoms with Gasteiger partial charge in [-0.25, -0.2) is 14.6 Å². The highest BCUT2D eigenvalue weighted by atomic mass is 32.2. The third-order valence-corrected chi connectivity index (χ3v) is 5.61. The first-order valence-corrected chi connectivity index (χ1v) is 10.6. The molecule has 7 nitrogen and oxygen atoms in total. The van der Waals surface area contributed by atoms with Crippen LogP contribution in [-0.2, 0) is 9.53 Å². The van der Waals surface area contributed by atoms with Crippen LogP contribution < -0.4 is 5.32 Å². The van der Waals surface area contributed by atoms with Gasteiger partial charge in [0.1, 0.15) is 11.9 Å². The van der Waals surface area contributed by atoms with E-state index in [1.165, 1.54) is 7.11 Å². The predicted octanol–water partition coefficient (Wildman–Crippen LogP) is 2.75. The summed E-state index contributed by atoms with van der Waals surface area (Å²) in [6, 6.07) is 7.20. The number of thioether (sulfide) groups is 1. The molecule has 0 saturated carbocycles. The molecule has 2 aromatic rings. The second kappa shape index (κ2) is 9.12. The fraction of sp³-hybridized carbons (Fsp3) is 0.526. The summed E-state index contributed by atoms with van der Waals surface area (Å²) in [6.07, 6.45) is 4.23. The van der Waals surface area contributed by atoms with Crippen LogP contribution in [-0.4, -0.2) is 65.1 Å². The number of benzene rings is 1. The number of piperidine rings is 1. The molecule has 0 unspecified atom stereocenters. The largest absolute Gasteiger partial charge is 0.467 e. The standard InChI is InChI=1S/C19H26N4O3S/c1-26-18(24)16(9-12-27-2)22-19(25)23-10-7-13(8-11-23)17-20-14-5-3-4-6-15(14)21-17/h3-6,13,16H,7-12H2,1-2H3,(H,20,21)(H,22,25)/t16-/m0/s1. The fourth-order valence-electron chi connectivity index (χ4n) is 3.39. The van der Waals surface area contributed by atoms with Crippen LogP contribution in [0.25, 0.3) is 11.0 Å². The average molecular weight is 391 g/mol. The fourth-order valence-corrected chi connectivity index (χ4v) is 3.86. The number of H-pyrrole nitrogens is 1. The van der Waals surface area contributed by atoms with Crippen molar-refractivity contribution in [1.29, 1.82) is 0 Å². The highest BCUT2D eigenvalue weighted by Gasteiger charge is 2.28. The second-order valence-electron chi connectivity index (χ2n) is 6.71. The van der Waals surface area contributed by atoms with Gasteiger partial charge >= 0.3 is 12.0 Å². The number of hydrogen-bond donors (Lipinski definition) is 2. The molecule has 0 aliphatic carbocycles. The van der Waals surface area contributed by atoms with Gasteiger partial charge < -0.3 is 19.9 Å². The second-order valence-corrected chi connectivity index (χ2v) is 7.69. The number of esters is 1. The van der Waals surface area contributed by atoms with Crippen molar-refractivity contribution in [1.82, 2.24) is 20.2 Å². The minimum atomic E-state index is -0.594. The van der Waals surface area contributed by atoms with E-state index in [0.717, 1.165) is 35.5 Å². The number of imidazole rings is 1.